The third-order valence-electron chi connectivity index (χ3n) is 4.78. The molecule has 0 bridgehead atoms. The monoisotopic (exact) mass is 364 g/mol. The molecule has 0 unspecified atom stereocenters. The average molecular weight is 365 g/mol. The minimum atomic E-state index is 0.479. The maximum Gasteiger partial charge on any atom is 0.171 e. The Morgan fingerprint density at radius 3 is 2.62 bits per heavy atom. The van der Waals surface area contributed by atoms with E-state index in [9.17, 15) is 0 Å². The highest BCUT2D eigenvalue weighted by Gasteiger charge is 2.20. The number of aromatic nitrogens is 2. The van der Waals surface area contributed by atoms with Gasteiger partial charge in [0.15, 0.2) is 5.82 Å². The van der Waals surface area contributed by atoms with E-state index >= 15 is 0 Å². The Labute approximate surface area is 158 Å². The Morgan fingerprint density at radius 2 is 1.88 bits per heavy atom. The first-order chi connectivity index (χ1) is 12.8. The van der Waals surface area contributed by atoms with Crippen molar-refractivity contribution < 1.29 is 0 Å². The summed E-state index contributed by atoms with van der Waals surface area (Å²) in [5.41, 5.74) is 2.40. The Morgan fingerprint density at radius 1 is 1.08 bits per heavy atom. The van der Waals surface area contributed by atoms with Crippen LogP contribution in [0, 0.1) is 6.92 Å². The van der Waals surface area contributed by atoms with E-state index in [1.807, 2.05) is 19.1 Å². The number of nitrogens with one attached hydrogen (secondary N) is 1. The van der Waals surface area contributed by atoms with Crippen molar-refractivity contribution in [3.05, 3.63) is 65.2 Å². The highest BCUT2D eigenvalue weighted by atomic mass is 32.1. The first-order valence-corrected chi connectivity index (χ1v) is 10.1. The van der Waals surface area contributed by atoms with Crippen LogP contribution in [-0.2, 0) is 6.54 Å². The van der Waals surface area contributed by atoms with Crippen LogP contribution in [0.1, 0.15) is 24.1 Å². The topological polar surface area (TPSA) is 41.0 Å². The molecule has 4 nitrogen and oxygen atoms in total. The van der Waals surface area contributed by atoms with E-state index in [1.165, 1.54) is 5.56 Å². The van der Waals surface area contributed by atoms with Gasteiger partial charge >= 0.3 is 0 Å². The maximum atomic E-state index is 4.73. The molecular weight excluding hydrogens is 340 g/mol. The van der Waals surface area contributed by atoms with Gasteiger partial charge in [0.05, 0.1) is 4.88 Å². The van der Waals surface area contributed by atoms with Gasteiger partial charge < -0.3 is 5.32 Å². The number of nitrogens with zero attached hydrogens (tertiary/aromatic N) is 3. The van der Waals surface area contributed by atoms with E-state index in [0.717, 1.165) is 54.7 Å². The van der Waals surface area contributed by atoms with Crippen molar-refractivity contribution in [2.24, 2.45) is 0 Å². The number of hydrogen-bond donors (Lipinski definition) is 1. The number of likely N-dealkylation sites (tertiary alicyclic amines) is 1. The second-order valence-electron chi connectivity index (χ2n) is 6.88. The molecule has 2 aromatic heterocycles. The van der Waals surface area contributed by atoms with Gasteiger partial charge in [-0.25, -0.2) is 9.97 Å². The molecule has 26 heavy (non-hydrogen) atoms. The first kappa shape index (κ1) is 17.2. The van der Waals surface area contributed by atoms with E-state index in [0.29, 0.717) is 6.04 Å². The van der Waals surface area contributed by atoms with Gasteiger partial charge in [0.25, 0.3) is 0 Å². The summed E-state index contributed by atoms with van der Waals surface area (Å²) in [6.07, 6.45) is 2.29. The quantitative estimate of drug-likeness (QED) is 0.719. The molecule has 0 radical (unpaired) electrons. The van der Waals surface area contributed by atoms with Crippen LogP contribution in [-0.4, -0.2) is 34.0 Å². The maximum absolute atomic E-state index is 4.73. The summed E-state index contributed by atoms with van der Waals surface area (Å²) in [6, 6.07) is 17.4. The molecule has 1 aliphatic heterocycles. The van der Waals surface area contributed by atoms with Crippen LogP contribution in [0.25, 0.3) is 10.7 Å². The van der Waals surface area contributed by atoms with E-state index in [4.69, 9.17) is 4.98 Å². The third-order valence-corrected chi connectivity index (χ3v) is 5.65. The number of piperidine rings is 1. The molecule has 1 N–H and O–H groups in total. The zero-order valence-corrected chi connectivity index (χ0v) is 15.9. The van der Waals surface area contributed by atoms with Crippen molar-refractivity contribution in [1.82, 2.24) is 14.9 Å². The van der Waals surface area contributed by atoms with Crippen molar-refractivity contribution in [3.63, 3.8) is 0 Å². The average Bonchev–Trinajstić information content (AvgIpc) is 3.19. The summed E-state index contributed by atoms with van der Waals surface area (Å²) in [5.74, 6) is 1.77. The van der Waals surface area contributed by atoms with Gasteiger partial charge in [-0.05, 0) is 36.8 Å². The Kier molecular flexibility index (Phi) is 5.27. The predicted molar refractivity (Wildman–Crippen MR) is 108 cm³/mol. The third kappa shape index (κ3) is 4.29. The van der Waals surface area contributed by atoms with Gasteiger partial charge in [-0.3, -0.25) is 4.90 Å². The first-order valence-electron chi connectivity index (χ1n) is 9.19. The van der Waals surface area contributed by atoms with E-state index < -0.39 is 0 Å². The summed E-state index contributed by atoms with van der Waals surface area (Å²) in [4.78, 5) is 13.0. The highest BCUT2D eigenvalue weighted by molar-refractivity contribution is 7.13. The van der Waals surface area contributed by atoms with E-state index in [-0.39, 0.29) is 0 Å². The zero-order valence-electron chi connectivity index (χ0n) is 15.1. The fourth-order valence-corrected chi connectivity index (χ4v) is 4.10. The number of aryl methyl sites for hydroxylation is 1. The van der Waals surface area contributed by atoms with Crippen molar-refractivity contribution in [2.45, 2.75) is 32.4 Å². The van der Waals surface area contributed by atoms with Gasteiger partial charge in [0, 0.05) is 37.4 Å². The Bertz CT molecular complexity index is 824. The summed E-state index contributed by atoms with van der Waals surface area (Å²) in [6.45, 7) is 5.32. The molecule has 0 saturated carbocycles. The lowest BCUT2D eigenvalue weighted by Gasteiger charge is -2.32. The number of rotatable bonds is 5. The lowest BCUT2D eigenvalue weighted by Crippen LogP contribution is -2.38. The molecule has 1 aliphatic rings. The molecule has 3 aromatic rings. The highest BCUT2D eigenvalue weighted by Crippen LogP contribution is 2.24. The molecule has 4 rings (SSSR count). The summed E-state index contributed by atoms with van der Waals surface area (Å²) in [5, 5.41) is 5.70. The SMILES string of the molecule is Cc1cc(NC2CCN(Cc3ccccc3)CC2)nc(-c2cccs2)n1. The van der Waals surface area contributed by atoms with Gasteiger partial charge in [0.1, 0.15) is 5.82 Å². The fraction of sp³-hybridized carbons (Fsp3) is 0.333. The van der Waals surface area contributed by atoms with Gasteiger partial charge in [-0.1, -0.05) is 36.4 Å². The van der Waals surface area contributed by atoms with Crippen LogP contribution in [0.15, 0.2) is 53.9 Å². The van der Waals surface area contributed by atoms with Gasteiger partial charge in [0.2, 0.25) is 0 Å². The molecule has 134 valence electrons. The number of hydrogen-bond acceptors (Lipinski definition) is 5. The van der Waals surface area contributed by atoms with E-state index in [1.54, 1.807) is 11.3 Å². The molecule has 3 heterocycles. The lowest BCUT2D eigenvalue weighted by molar-refractivity contribution is 0.211. The molecule has 1 fully saturated rings. The lowest BCUT2D eigenvalue weighted by atomic mass is 10.0. The summed E-state index contributed by atoms with van der Waals surface area (Å²) >= 11 is 1.68. The minimum absolute atomic E-state index is 0.479. The van der Waals surface area contributed by atoms with Crippen molar-refractivity contribution in [1.29, 1.82) is 0 Å². The second kappa shape index (κ2) is 7.98. The van der Waals surface area contributed by atoms with Gasteiger partial charge in [-0.15, -0.1) is 11.3 Å². The number of thiophene rings is 1. The predicted octanol–water partition coefficient (Wildman–Crippen LogP) is 4.59. The molecule has 0 amide bonds. The molecule has 1 aromatic carbocycles. The standard InChI is InChI=1S/C21H24N4S/c1-16-14-20(24-21(22-16)19-8-5-13-26-19)23-18-9-11-25(12-10-18)15-17-6-3-2-4-7-17/h2-8,13-14,18H,9-12,15H2,1H3,(H,22,23,24). The smallest absolute Gasteiger partial charge is 0.171 e. The van der Waals surface area contributed by atoms with Crippen LogP contribution in [0.5, 0.6) is 0 Å². The van der Waals surface area contributed by atoms with Crippen molar-refractivity contribution in [2.75, 3.05) is 18.4 Å². The van der Waals surface area contributed by atoms with Crippen LogP contribution >= 0.6 is 11.3 Å². The summed E-state index contributed by atoms with van der Waals surface area (Å²) in [7, 11) is 0. The Hall–Kier alpha value is -2.24. The molecule has 0 aliphatic carbocycles. The fourth-order valence-electron chi connectivity index (χ4n) is 3.44. The zero-order chi connectivity index (χ0) is 17.8. The Balaban J connectivity index is 1.36. The van der Waals surface area contributed by atoms with Crippen molar-refractivity contribution >= 4 is 17.2 Å². The summed E-state index contributed by atoms with van der Waals surface area (Å²) < 4.78 is 0. The van der Waals surface area contributed by atoms with Crippen LogP contribution in [0.2, 0.25) is 0 Å². The number of benzene rings is 1. The van der Waals surface area contributed by atoms with Crippen LogP contribution in [0.3, 0.4) is 0 Å². The van der Waals surface area contributed by atoms with Gasteiger partial charge in [-0.2, -0.15) is 0 Å². The normalized spacial score (nSPS) is 15.9. The minimum Gasteiger partial charge on any atom is -0.367 e. The molecular formula is C21H24N4S. The second-order valence-corrected chi connectivity index (χ2v) is 7.82. The van der Waals surface area contributed by atoms with Crippen LogP contribution < -0.4 is 5.32 Å². The molecule has 5 heteroatoms. The largest absolute Gasteiger partial charge is 0.367 e. The molecule has 0 atom stereocenters. The molecule has 0 spiro atoms. The van der Waals surface area contributed by atoms with Crippen molar-refractivity contribution in [3.8, 4) is 10.7 Å². The van der Waals surface area contributed by atoms with E-state index in [2.05, 4.69) is 57.0 Å². The molecule has 1 saturated heterocycles. The van der Waals surface area contributed by atoms with Crippen LogP contribution in [0.4, 0.5) is 5.82 Å². The number of anilines is 1.